The highest BCUT2D eigenvalue weighted by atomic mass is 35.5. The Kier molecular flexibility index (Phi) is 4.48. The molecule has 0 bridgehead atoms. The highest BCUT2D eigenvalue weighted by Gasteiger charge is 2.10. The molecule has 0 spiro atoms. The van der Waals surface area contributed by atoms with Crippen molar-refractivity contribution in [3.8, 4) is 0 Å². The Morgan fingerprint density at radius 1 is 1.40 bits per heavy atom. The lowest BCUT2D eigenvalue weighted by Gasteiger charge is -2.19. The molecule has 0 fully saturated rings. The smallest absolute Gasteiger partial charge is 0.149 e. The van der Waals surface area contributed by atoms with Crippen molar-refractivity contribution in [2.45, 2.75) is 19.8 Å². The van der Waals surface area contributed by atoms with Crippen LogP contribution in [-0.4, -0.2) is 18.6 Å². The molecule has 0 saturated heterocycles. The van der Waals surface area contributed by atoms with Gasteiger partial charge >= 0.3 is 0 Å². The van der Waals surface area contributed by atoms with E-state index in [9.17, 15) is 0 Å². The van der Waals surface area contributed by atoms with Gasteiger partial charge in [0.1, 0.15) is 11.6 Å². The third kappa shape index (κ3) is 3.14. The zero-order chi connectivity index (χ0) is 11.4. The topological polar surface area (TPSA) is 42.2 Å². The summed E-state index contributed by atoms with van der Waals surface area (Å²) >= 11 is 11.8. The predicted molar refractivity (Wildman–Crippen MR) is 66.8 cm³/mol. The molecule has 0 aromatic carbocycles. The SMILES string of the molecule is CCCCN(C)c1nc(N)c(Cl)cc1Cl. The summed E-state index contributed by atoms with van der Waals surface area (Å²) < 4.78 is 0. The second kappa shape index (κ2) is 5.42. The van der Waals surface area contributed by atoms with Crippen LogP contribution >= 0.6 is 23.2 Å². The lowest BCUT2D eigenvalue weighted by molar-refractivity contribution is 0.760. The largest absolute Gasteiger partial charge is 0.382 e. The number of aromatic nitrogens is 1. The fraction of sp³-hybridized carbons (Fsp3) is 0.500. The normalized spacial score (nSPS) is 10.4. The van der Waals surface area contributed by atoms with Gasteiger partial charge in [-0.15, -0.1) is 0 Å². The number of hydrogen-bond donors (Lipinski definition) is 1. The minimum Gasteiger partial charge on any atom is -0.382 e. The molecule has 5 heteroatoms. The third-order valence-corrected chi connectivity index (χ3v) is 2.73. The summed E-state index contributed by atoms with van der Waals surface area (Å²) in [5.41, 5.74) is 5.63. The molecule has 0 aliphatic carbocycles. The average molecular weight is 248 g/mol. The van der Waals surface area contributed by atoms with Crippen molar-refractivity contribution in [3.05, 3.63) is 16.1 Å². The molecule has 0 unspecified atom stereocenters. The van der Waals surface area contributed by atoms with Crippen LogP contribution in [0.25, 0.3) is 0 Å². The van der Waals surface area contributed by atoms with Crippen LogP contribution in [0.3, 0.4) is 0 Å². The van der Waals surface area contributed by atoms with E-state index < -0.39 is 0 Å². The molecule has 1 rings (SSSR count). The minimum atomic E-state index is 0.319. The zero-order valence-electron chi connectivity index (χ0n) is 8.93. The van der Waals surface area contributed by atoms with Gasteiger partial charge in [0.05, 0.1) is 10.0 Å². The van der Waals surface area contributed by atoms with Crippen LogP contribution < -0.4 is 10.6 Å². The van der Waals surface area contributed by atoms with Crippen molar-refractivity contribution in [1.29, 1.82) is 0 Å². The van der Waals surface area contributed by atoms with Gasteiger partial charge in [0.2, 0.25) is 0 Å². The molecule has 0 aliphatic heterocycles. The maximum Gasteiger partial charge on any atom is 0.149 e. The van der Waals surface area contributed by atoms with Crippen LogP contribution in [-0.2, 0) is 0 Å². The molecule has 1 aromatic heterocycles. The Balaban J connectivity index is 2.88. The first-order valence-corrected chi connectivity index (χ1v) is 5.64. The Morgan fingerprint density at radius 2 is 2.07 bits per heavy atom. The van der Waals surface area contributed by atoms with Gasteiger partial charge in [-0.2, -0.15) is 0 Å². The summed E-state index contributed by atoms with van der Waals surface area (Å²) in [6.07, 6.45) is 2.22. The zero-order valence-corrected chi connectivity index (χ0v) is 10.4. The lowest BCUT2D eigenvalue weighted by Crippen LogP contribution is -2.20. The minimum absolute atomic E-state index is 0.319. The number of pyridine rings is 1. The summed E-state index contributed by atoms with van der Waals surface area (Å²) in [5.74, 6) is 1.01. The molecule has 1 aromatic rings. The second-order valence-corrected chi connectivity index (χ2v) is 4.25. The fourth-order valence-corrected chi connectivity index (χ4v) is 1.74. The number of nitrogens with zero attached hydrogens (tertiary/aromatic N) is 2. The summed E-state index contributed by atoms with van der Waals surface area (Å²) in [6.45, 7) is 3.05. The number of hydrogen-bond acceptors (Lipinski definition) is 3. The number of rotatable bonds is 4. The third-order valence-electron chi connectivity index (χ3n) is 2.15. The molecular formula is C10H15Cl2N3. The molecule has 0 saturated carbocycles. The van der Waals surface area contributed by atoms with Gasteiger partial charge in [0.15, 0.2) is 0 Å². The maximum atomic E-state index is 6.03. The van der Waals surface area contributed by atoms with Crippen LogP contribution in [0, 0.1) is 0 Å². The predicted octanol–water partition coefficient (Wildman–Crippen LogP) is 3.21. The van der Waals surface area contributed by atoms with Gasteiger partial charge in [-0.05, 0) is 12.5 Å². The Bertz CT molecular complexity index is 342. The van der Waals surface area contributed by atoms with E-state index in [-0.39, 0.29) is 0 Å². The van der Waals surface area contributed by atoms with E-state index in [1.807, 2.05) is 11.9 Å². The average Bonchev–Trinajstić information content (AvgIpc) is 2.20. The second-order valence-electron chi connectivity index (χ2n) is 3.44. The molecule has 84 valence electrons. The number of halogens is 2. The van der Waals surface area contributed by atoms with Gasteiger partial charge in [-0.25, -0.2) is 4.98 Å². The number of unbranched alkanes of at least 4 members (excludes halogenated alkanes) is 1. The maximum absolute atomic E-state index is 6.03. The van der Waals surface area contributed by atoms with Crippen LogP contribution in [0.1, 0.15) is 19.8 Å². The monoisotopic (exact) mass is 247 g/mol. The fourth-order valence-electron chi connectivity index (χ4n) is 1.24. The molecule has 0 radical (unpaired) electrons. The van der Waals surface area contributed by atoms with E-state index in [0.717, 1.165) is 19.4 Å². The first-order chi connectivity index (χ1) is 7.06. The van der Waals surface area contributed by atoms with Gasteiger partial charge < -0.3 is 10.6 Å². The van der Waals surface area contributed by atoms with E-state index in [4.69, 9.17) is 28.9 Å². The van der Waals surface area contributed by atoms with Crippen molar-refractivity contribution >= 4 is 34.8 Å². The van der Waals surface area contributed by atoms with E-state index in [1.54, 1.807) is 6.07 Å². The van der Waals surface area contributed by atoms with Crippen LogP contribution in [0.5, 0.6) is 0 Å². The van der Waals surface area contributed by atoms with E-state index in [1.165, 1.54) is 0 Å². The quantitative estimate of drug-likeness (QED) is 0.889. The Hall–Kier alpha value is -0.670. The van der Waals surface area contributed by atoms with Crippen LogP contribution in [0.4, 0.5) is 11.6 Å². The molecule has 0 amide bonds. The highest BCUT2D eigenvalue weighted by Crippen LogP contribution is 2.29. The van der Waals surface area contributed by atoms with Crippen molar-refractivity contribution < 1.29 is 0 Å². The first-order valence-electron chi connectivity index (χ1n) is 4.89. The van der Waals surface area contributed by atoms with Gasteiger partial charge in [0, 0.05) is 13.6 Å². The van der Waals surface area contributed by atoms with Crippen molar-refractivity contribution in [2.24, 2.45) is 0 Å². The van der Waals surface area contributed by atoms with Crippen molar-refractivity contribution in [3.63, 3.8) is 0 Å². The van der Waals surface area contributed by atoms with Crippen LogP contribution in [0.2, 0.25) is 10.0 Å². The summed E-state index contributed by atoms with van der Waals surface area (Å²) in [5, 5.41) is 0.931. The van der Waals surface area contributed by atoms with Gasteiger partial charge in [-0.3, -0.25) is 0 Å². The Morgan fingerprint density at radius 3 is 2.67 bits per heavy atom. The molecule has 15 heavy (non-hydrogen) atoms. The van der Waals surface area contributed by atoms with E-state index in [2.05, 4.69) is 11.9 Å². The number of nitrogen functional groups attached to an aromatic ring is 1. The van der Waals surface area contributed by atoms with Crippen molar-refractivity contribution in [2.75, 3.05) is 24.2 Å². The van der Waals surface area contributed by atoms with E-state index in [0.29, 0.717) is 21.7 Å². The summed E-state index contributed by atoms with van der Waals surface area (Å²) in [6, 6.07) is 1.63. The van der Waals surface area contributed by atoms with Crippen molar-refractivity contribution in [1.82, 2.24) is 4.98 Å². The Labute approximate surface area is 100 Å². The van der Waals surface area contributed by atoms with Crippen LogP contribution in [0.15, 0.2) is 6.07 Å². The number of anilines is 2. The first kappa shape index (κ1) is 12.4. The van der Waals surface area contributed by atoms with Gasteiger partial charge in [0.25, 0.3) is 0 Å². The summed E-state index contributed by atoms with van der Waals surface area (Å²) in [4.78, 5) is 6.15. The standard InChI is InChI=1S/C10H15Cl2N3/c1-3-4-5-15(2)10-8(12)6-7(11)9(13)14-10/h6H,3-5H2,1-2H3,(H2,13,14). The molecule has 2 N–H and O–H groups in total. The lowest BCUT2D eigenvalue weighted by atomic mass is 10.3. The number of nitrogens with two attached hydrogens (primary N) is 1. The summed E-state index contributed by atoms with van der Waals surface area (Å²) in [7, 11) is 1.94. The molecule has 1 heterocycles. The van der Waals surface area contributed by atoms with Gasteiger partial charge in [-0.1, -0.05) is 36.5 Å². The molecule has 0 aliphatic rings. The molecule has 0 atom stereocenters. The highest BCUT2D eigenvalue weighted by molar-refractivity contribution is 6.37. The molecular weight excluding hydrogens is 233 g/mol. The van der Waals surface area contributed by atoms with E-state index >= 15 is 0 Å². The molecule has 3 nitrogen and oxygen atoms in total.